The average molecular weight is 420 g/mol. The second-order valence-electron chi connectivity index (χ2n) is 6.58. The predicted octanol–water partition coefficient (Wildman–Crippen LogP) is 5.27. The molecule has 6 heteroatoms. The normalized spacial score (nSPS) is 9.58. The Labute approximate surface area is 180 Å². The minimum absolute atomic E-state index is 0.169. The van der Waals surface area contributed by atoms with Crippen LogP contribution in [0.2, 0.25) is 0 Å². The molecular formula is C25H24O6. The summed E-state index contributed by atoms with van der Waals surface area (Å²) >= 11 is 0. The van der Waals surface area contributed by atoms with Gasteiger partial charge in [-0.25, -0.2) is 0 Å². The fourth-order valence-electron chi connectivity index (χ4n) is 2.40. The standard InChI is InChI=1S/C12H10O2.C7H8O2.C6H6O2/c13-11-5-1-9(2-6-11)10-3-7-12(14)8-4-10;1-5-4-6(8)2-3-7(5)9;7-5-1-2-6(8)4-3-5/h1-8,13-14H;2-4,8-9H,1H3;1-4,7-8H. The molecule has 0 spiro atoms. The Hall–Kier alpha value is -4.32. The molecule has 0 amide bonds. The third-order valence-corrected chi connectivity index (χ3v) is 4.10. The van der Waals surface area contributed by atoms with Crippen LogP contribution in [-0.2, 0) is 0 Å². The van der Waals surface area contributed by atoms with Crippen molar-refractivity contribution in [2.24, 2.45) is 0 Å². The highest BCUT2D eigenvalue weighted by molar-refractivity contribution is 5.64. The van der Waals surface area contributed by atoms with Crippen molar-refractivity contribution in [3.8, 4) is 45.6 Å². The number of phenols is 6. The summed E-state index contributed by atoms with van der Waals surface area (Å²) in [6.07, 6.45) is 0. The number of aryl methyl sites for hydroxylation is 1. The second kappa shape index (κ2) is 11.0. The first kappa shape index (κ1) is 23.0. The number of rotatable bonds is 1. The van der Waals surface area contributed by atoms with Gasteiger partial charge < -0.3 is 30.6 Å². The van der Waals surface area contributed by atoms with Crippen LogP contribution in [0, 0.1) is 6.92 Å². The molecule has 6 nitrogen and oxygen atoms in total. The summed E-state index contributed by atoms with van der Waals surface area (Å²) in [7, 11) is 0. The number of hydrogen-bond donors (Lipinski definition) is 6. The highest BCUT2D eigenvalue weighted by atomic mass is 16.3. The van der Waals surface area contributed by atoms with E-state index in [-0.39, 0.29) is 34.5 Å². The fraction of sp³-hybridized carbons (Fsp3) is 0.0400. The monoisotopic (exact) mass is 420 g/mol. The first-order valence-electron chi connectivity index (χ1n) is 9.29. The van der Waals surface area contributed by atoms with Crippen molar-refractivity contribution in [1.29, 1.82) is 0 Å². The lowest BCUT2D eigenvalue weighted by atomic mass is 10.1. The molecule has 31 heavy (non-hydrogen) atoms. The molecule has 6 N–H and O–H groups in total. The number of aromatic hydroxyl groups is 6. The van der Waals surface area contributed by atoms with Crippen LogP contribution in [0.1, 0.15) is 5.56 Å². The molecule has 160 valence electrons. The molecule has 0 aromatic heterocycles. The van der Waals surface area contributed by atoms with E-state index >= 15 is 0 Å². The maximum atomic E-state index is 9.11. The van der Waals surface area contributed by atoms with Crippen molar-refractivity contribution in [3.63, 3.8) is 0 Å². The van der Waals surface area contributed by atoms with E-state index in [2.05, 4.69) is 0 Å². The van der Waals surface area contributed by atoms with E-state index in [1.54, 1.807) is 31.2 Å². The van der Waals surface area contributed by atoms with Gasteiger partial charge in [-0.2, -0.15) is 0 Å². The Kier molecular flexibility index (Phi) is 8.16. The quantitative estimate of drug-likeness (QED) is 0.233. The van der Waals surface area contributed by atoms with Gasteiger partial charge in [0.2, 0.25) is 0 Å². The second-order valence-corrected chi connectivity index (χ2v) is 6.58. The van der Waals surface area contributed by atoms with Gasteiger partial charge in [-0.3, -0.25) is 0 Å². The van der Waals surface area contributed by atoms with E-state index in [1.807, 2.05) is 24.3 Å². The molecular weight excluding hydrogens is 396 g/mol. The van der Waals surface area contributed by atoms with Gasteiger partial charge in [0.25, 0.3) is 0 Å². The summed E-state index contributed by atoms with van der Waals surface area (Å²) < 4.78 is 0. The van der Waals surface area contributed by atoms with E-state index in [9.17, 15) is 0 Å². The van der Waals surface area contributed by atoms with Crippen LogP contribution in [-0.4, -0.2) is 30.6 Å². The lowest BCUT2D eigenvalue weighted by molar-refractivity contribution is 0.456. The van der Waals surface area contributed by atoms with E-state index in [4.69, 9.17) is 30.6 Å². The molecule has 0 heterocycles. The lowest BCUT2D eigenvalue weighted by Crippen LogP contribution is -1.75. The molecule has 0 unspecified atom stereocenters. The minimum atomic E-state index is 0.169. The Morgan fingerprint density at radius 2 is 0.677 bits per heavy atom. The smallest absolute Gasteiger partial charge is 0.118 e. The van der Waals surface area contributed by atoms with Crippen LogP contribution < -0.4 is 0 Å². The summed E-state index contributed by atoms with van der Waals surface area (Å²) in [6.45, 7) is 1.73. The minimum Gasteiger partial charge on any atom is -0.508 e. The maximum absolute atomic E-state index is 9.11. The molecule has 0 bridgehead atoms. The average Bonchev–Trinajstić information content (AvgIpc) is 2.75. The fourth-order valence-corrected chi connectivity index (χ4v) is 2.40. The molecule has 0 fully saturated rings. The molecule has 4 rings (SSSR count). The number of phenolic OH excluding ortho intramolecular Hbond substituents is 6. The van der Waals surface area contributed by atoms with E-state index in [1.165, 1.54) is 42.5 Å². The first-order chi connectivity index (χ1) is 14.7. The van der Waals surface area contributed by atoms with Crippen molar-refractivity contribution < 1.29 is 30.6 Å². The summed E-state index contributed by atoms with van der Waals surface area (Å²) in [5, 5.41) is 53.3. The molecule has 0 aliphatic rings. The van der Waals surface area contributed by atoms with E-state index in [0.29, 0.717) is 5.56 Å². The van der Waals surface area contributed by atoms with Crippen LogP contribution in [0.3, 0.4) is 0 Å². The lowest BCUT2D eigenvalue weighted by Gasteiger charge is -2.01. The summed E-state index contributed by atoms with van der Waals surface area (Å²) in [5.74, 6) is 1.25. The Morgan fingerprint density at radius 3 is 0.968 bits per heavy atom. The molecule has 0 aliphatic heterocycles. The zero-order chi connectivity index (χ0) is 22.8. The number of hydrogen-bond acceptors (Lipinski definition) is 6. The molecule has 0 saturated carbocycles. The number of benzene rings is 4. The molecule has 0 saturated heterocycles. The topological polar surface area (TPSA) is 121 Å². The molecule has 0 radical (unpaired) electrons. The van der Waals surface area contributed by atoms with E-state index < -0.39 is 0 Å². The van der Waals surface area contributed by atoms with Gasteiger partial charge in [0.15, 0.2) is 0 Å². The Bertz CT molecular complexity index is 1010. The highest BCUT2D eigenvalue weighted by Crippen LogP contribution is 2.23. The van der Waals surface area contributed by atoms with Crippen molar-refractivity contribution in [2.45, 2.75) is 6.92 Å². The van der Waals surface area contributed by atoms with Gasteiger partial charge in [0.05, 0.1) is 0 Å². The van der Waals surface area contributed by atoms with Gasteiger partial charge in [-0.1, -0.05) is 24.3 Å². The van der Waals surface area contributed by atoms with Crippen LogP contribution in [0.5, 0.6) is 34.5 Å². The predicted molar refractivity (Wildman–Crippen MR) is 119 cm³/mol. The van der Waals surface area contributed by atoms with Gasteiger partial charge in [-0.15, -0.1) is 0 Å². The molecule has 0 atom stereocenters. The van der Waals surface area contributed by atoms with Crippen LogP contribution in [0.25, 0.3) is 11.1 Å². The molecule has 0 aliphatic carbocycles. The van der Waals surface area contributed by atoms with Crippen molar-refractivity contribution in [2.75, 3.05) is 0 Å². The summed E-state index contributed by atoms with van der Waals surface area (Å²) in [4.78, 5) is 0. The Morgan fingerprint density at radius 1 is 0.387 bits per heavy atom. The zero-order valence-corrected chi connectivity index (χ0v) is 16.8. The third kappa shape index (κ3) is 7.91. The largest absolute Gasteiger partial charge is 0.508 e. The van der Waals surface area contributed by atoms with Gasteiger partial charge in [-0.05, 0) is 90.3 Å². The van der Waals surface area contributed by atoms with Crippen molar-refractivity contribution in [3.05, 3.63) is 96.6 Å². The highest BCUT2D eigenvalue weighted by Gasteiger charge is 1.97. The van der Waals surface area contributed by atoms with Gasteiger partial charge in [0.1, 0.15) is 34.5 Å². The molecule has 4 aromatic rings. The maximum Gasteiger partial charge on any atom is 0.118 e. The van der Waals surface area contributed by atoms with Crippen molar-refractivity contribution in [1.82, 2.24) is 0 Å². The third-order valence-electron chi connectivity index (χ3n) is 4.10. The summed E-state index contributed by atoms with van der Waals surface area (Å²) in [6, 6.07) is 24.0. The van der Waals surface area contributed by atoms with Crippen LogP contribution in [0.4, 0.5) is 0 Å². The summed E-state index contributed by atoms with van der Waals surface area (Å²) in [5.41, 5.74) is 2.72. The van der Waals surface area contributed by atoms with Crippen LogP contribution >= 0.6 is 0 Å². The SMILES string of the molecule is Cc1cc(O)ccc1O.Oc1ccc(-c2ccc(O)cc2)cc1.Oc1ccc(O)cc1. The Balaban J connectivity index is 0.000000175. The molecule has 4 aromatic carbocycles. The first-order valence-corrected chi connectivity index (χ1v) is 9.29. The zero-order valence-electron chi connectivity index (χ0n) is 16.8. The van der Waals surface area contributed by atoms with Crippen molar-refractivity contribution >= 4 is 0 Å². The van der Waals surface area contributed by atoms with Gasteiger partial charge in [0, 0.05) is 0 Å². The van der Waals surface area contributed by atoms with E-state index in [0.717, 1.165) is 11.1 Å². The van der Waals surface area contributed by atoms with Crippen LogP contribution in [0.15, 0.2) is 91.0 Å². The van der Waals surface area contributed by atoms with Gasteiger partial charge >= 0.3 is 0 Å².